The fourth-order valence-electron chi connectivity index (χ4n) is 5.04. The van der Waals surface area contributed by atoms with E-state index in [-0.39, 0.29) is 17.1 Å². The minimum atomic E-state index is -0.839. The third-order valence-corrected chi connectivity index (χ3v) is 10.1. The number of fused-ring (bicyclic) bond motifs is 2. The zero-order chi connectivity index (χ0) is 28.1. The molecule has 40 heavy (non-hydrogen) atoms. The summed E-state index contributed by atoms with van der Waals surface area (Å²) in [6.45, 7) is -0.271. The molecule has 1 N–H and O–H groups in total. The van der Waals surface area contributed by atoms with Crippen LogP contribution in [0.4, 0.5) is 15.8 Å². The first-order valence-corrected chi connectivity index (χ1v) is 14.9. The molecule has 1 aromatic heterocycles. The third kappa shape index (κ3) is 4.81. The minimum absolute atomic E-state index is 0.271. The molecule has 3 aromatic carbocycles. The molecule has 3 atom stereocenters. The molecule has 0 spiro atoms. The first kappa shape index (κ1) is 26.9. The number of benzene rings is 3. The van der Waals surface area contributed by atoms with E-state index in [0.29, 0.717) is 20.6 Å². The first-order valence-electron chi connectivity index (χ1n) is 12.1. The number of carbonyl (C=O) groups excluding carboxylic acids is 3. The number of hydrogen-bond donors (Lipinski definition) is 1. The average molecular weight is 659 g/mol. The van der Waals surface area contributed by atoms with Gasteiger partial charge in [0.2, 0.25) is 17.7 Å². The SMILES string of the molecule is O=C(Cn1c2c(sc1=O)C(c1cccc(Br)c1)C1C(=O)N(c3ccc(F)cc3)C(=O)C1S2)Nc1ccc(Cl)cc1. The molecule has 3 amide bonds. The predicted molar refractivity (Wildman–Crippen MR) is 157 cm³/mol. The molecular formula is C28H18BrClFN3O4S2. The molecule has 2 aliphatic rings. The van der Waals surface area contributed by atoms with Crippen LogP contribution in [0.2, 0.25) is 5.02 Å². The highest BCUT2D eigenvalue weighted by molar-refractivity contribution is 9.10. The van der Waals surface area contributed by atoms with Gasteiger partial charge < -0.3 is 5.32 Å². The van der Waals surface area contributed by atoms with E-state index in [1.807, 2.05) is 24.3 Å². The highest BCUT2D eigenvalue weighted by Crippen LogP contribution is 2.54. The van der Waals surface area contributed by atoms with Crippen molar-refractivity contribution in [2.75, 3.05) is 10.2 Å². The van der Waals surface area contributed by atoms with Gasteiger partial charge >= 0.3 is 4.87 Å². The summed E-state index contributed by atoms with van der Waals surface area (Å²) in [5.74, 6) is -3.17. The van der Waals surface area contributed by atoms with Crippen LogP contribution in [0, 0.1) is 11.7 Å². The number of nitrogens with one attached hydrogen (secondary N) is 1. The number of imide groups is 1. The highest BCUT2D eigenvalue weighted by Gasteiger charge is 2.56. The Morgan fingerprint density at radius 3 is 2.42 bits per heavy atom. The van der Waals surface area contributed by atoms with Crippen LogP contribution < -0.4 is 15.1 Å². The van der Waals surface area contributed by atoms with Crippen LogP contribution in [-0.4, -0.2) is 27.5 Å². The largest absolute Gasteiger partial charge is 0.325 e. The average Bonchev–Trinajstić information content (AvgIpc) is 3.36. The van der Waals surface area contributed by atoms with Gasteiger partial charge in [-0.25, -0.2) is 9.29 Å². The lowest BCUT2D eigenvalue weighted by Gasteiger charge is -2.30. The maximum Gasteiger partial charge on any atom is 0.308 e. The Morgan fingerprint density at radius 1 is 1.00 bits per heavy atom. The topological polar surface area (TPSA) is 88.5 Å². The highest BCUT2D eigenvalue weighted by atomic mass is 79.9. The van der Waals surface area contributed by atoms with Crippen molar-refractivity contribution >= 4 is 79.7 Å². The van der Waals surface area contributed by atoms with Gasteiger partial charge in [0, 0.05) is 26.0 Å². The lowest BCUT2D eigenvalue weighted by molar-refractivity contribution is -0.122. The second kappa shape index (κ2) is 10.6. The second-order valence-electron chi connectivity index (χ2n) is 9.26. The van der Waals surface area contributed by atoms with Crippen LogP contribution in [0.1, 0.15) is 16.4 Å². The molecule has 2 aliphatic heterocycles. The van der Waals surface area contributed by atoms with Gasteiger partial charge in [-0.1, -0.05) is 62.8 Å². The molecule has 3 unspecified atom stereocenters. The van der Waals surface area contributed by atoms with Crippen LogP contribution in [0.15, 0.2) is 87.1 Å². The van der Waals surface area contributed by atoms with E-state index >= 15 is 0 Å². The second-order valence-corrected chi connectivity index (χ2v) is 12.7. The number of hydrogen-bond acceptors (Lipinski definition) is 6. The molecule has 0 aliphatic carbocycles. The first-order chi connectivity index (χ1) is 19.2. The van der Waals surface area contributed by atoms with Gasteiger partial charge in [-0.15, -0.1) is 0 Å². The summed E-state index contributed by atoms with van der Waals surface area (Å²) in [5, 5.41) is 2.93. The maximum absolute atomic E-state index is 13.8. The molecule has 12 heteroatoms. The number of thiazole rings is 1. The Balaban J connectivity index is 1.41. The van der Waals surface area contributed by atoms with E-state index in [0.717, 1.165) is 38.0 Å². The monoisotopic (exact) mass is 657 g/mol. The van der Waals surface area contributed by atoms with Gasteiger partial charge in [0.15, 0.2) is 0 Å². The van der Waals surface area contributed by atoms with Crippen LogP contribution in [0.5, 0.6) is 0 Å². The van der Waals surface area contributed by atoms with E-state index in [4.69, 9.17) is 11.6 Å². The van der Waals surface area contributed by atoms with Gasteiger partial charge in [0.25, 0.3) is 0 Å². The molecule has 0 bridgehead atoms. The molecule has 202 valence electrons. The quantitative estimate of drug-likeness (QED) is 0.270. The van der Waals surface area contributed by atoms with E-state index in [1.54, 1.807) is 24.3 Å². The van der Waals surface area contributed by atoms with Gasteiger partial charge in [-0.2, -0.15) is 0 Å². The molecule has 0 radical (unpaired) electrons. The molecule has 0 saturated carbocycles. The van der Waals surface area contributed by atoms with Gasteiger partial charge in [-0.05, 0) is 66.2 Å². The molecule has 6 rings (SSSR count). The summed E-state index contributed by atoms with van der Waals surface area (Å²) < 4.78 is 15.7. The Kier molecular flexibility index (Phi) is 7.16. The Morgan fingerprint density at radius 2 is 1.73 bits per heavy atom. The molecule has 3 heterocycles. The number of nitrogens with zero attached hydrogens (tertiary/aromatic N) is 2. The minimum Gasteiger partial charge on any atom is -0.325 e. The number of rotatable bonds is 5. The number of halogens is 3. The van der Waals surface area contributed by atoms with E-state index in [9.17, 15) is 23.6 Å². The maximum atomic E-state index is 13.8. The summed E-state index contributed by atoms with van der Waals surface area (Å²) in [6.07, 6.45) is 0. The van der Waals surface area contributed by atoms with Gasteiger partial charge in [-0.3, -0.25) is 23.7 Å². The van der Waals surface area contributed by atoms with Gasteiger partial charge in [0.05, 0.1) is 16.6 Å². The van der Waals surface area contributed by atoms with Crippen molar-refractivity contribution in [1.29, 1.82) is 0 Å². The van der Waals surface area contributed by atoms with Crippen molar-refractivity contribution in [2.24, 2.45) is 5.92 Å². The number of aromatic nitrogens is 1. The summed E-state index contributed by atoms with van der Waals surface area (Å²) in [6, 6.07) is 19.2. The smallest absolute Gasteiger partial charge is 0.308 e. The van der Waals surface area contributed by atoms with Crippen LogP contribution in [-0.2, 0) is 20.9 Å². The Bertz CT molecular complexity index is 1720. The summed E-state index contributed by atoms with van der Waals surface area (Å²) in [4.78, 5) is 55.1. The number of thioether (sulfide) groups is 1. The number of carbonyl (C=O) groups is 3. The lowest BCUT2D eigenvalue weighted by Crippen LogP contribution is -2.33. The molecule has 7 nitrogen and oxygen atoms in total. The van der Waals surface area contributed by atoms with Crippen molar-refractivity contribution in [1.82, 2.24) is 4.57 Å². The van der Waals surface area contributed by atoms with Crippen LogP contribution >= 0.6 is 50.6 Å². The van der Waals surface area contributed by atoms with Crippen molar-refractivity contribution in [3.8, 4) is 0 Å². The molecule has 1 saturated heterocycles. The van der Waals surface area contributed by atoms with E-state index < -0.39 is 40.6 Å². The predicted octanol–water partition coefficient (Wildman–Crippen LogP) is 5.90. The van der Waals surface area contributed by atoms with Crippen molar-refractivity contribution in [3.05, 3.63) is 108 Å². The van der Waals surface area contributed by atoms with Crippen LogP contribution in [0.3, 0.4) is 0 Å². The summed E-state index contributed by atoms with van der Waals surface area (Å²) >= 11 is 11.5. The lowest BCUT2D eigenvalue weighted by atomic mass is 9.83. The summed E-state index contributed by atoms with van der Waals surface area (Å²) in [5.41, 5.74) is 1.56. The normalized spacial score (nSPS) is 19.9. The van der Waals surface area contributed by atoms with E-state index in [2.05, 4.69) is 21.2 Å². The third-order valence-electron chi connectivity index (χ3n) is 6.77. The number of amides is 3. The molecular weight excluding hydrogens is 641 g/mol. The standard InChI is InChI=1S/C28H18BrClFN3O4S2/c29-15-3-1-2-14(12-15)21-22-23(26(37)34(25(22)36)19-10-6-17(31)7-11-19)39-27-24(21)40-28(38)33(27)13-20(35)32-18-8-4-16(30)5-9-18/h1-12,21-23H,13H2,(H,32,35). The van der Waals surface area contributed by atoms with Crippen LogP contribution in [0.25, 0.3) is 0 Å². The molecule has 4 aromatic rings. The molecule has 1 fully saturated rings. The van der Waals surface area contributed by atoms with Crippen molar-refractivity contribution in [3.63, 3.8) is 0 Å². The van der Waals surface area contributed by atoms with Crippen molar-refractivity contribution < 1.29 is 18.8 Å². The van der Waals surface area contributed by atoms with Crippen molar-refractivity contribution in [2.45, 2.75) is 22.7 Å². The van der Waals surface area contributed by atoms with E-state index in [1.165, 1.54) is 28.8 Å². The zero-order valence-corrected chi connectivity index (χ0v) is 24.3. The number of anilines is 2. The summed E-state index contributed by atoms with van der Waals surface area (Å²) in [7, 11) is 0. The Hall–Kier alpha value is -3.25. The van der Waals surface area contributed by atoms with Gasteiger partial charge in [0.1, 0.15) is 17.6 Å². The Labute approximate surface area is 249 Å². The fourth-order valence-corrected chi connectivity index (χ4v) is 8.35. The zero-order valence-electron chi connectivity index (χ0n) is 20.3. The fraction of sp³-hybridized carbons (Fsp3) is 0.143.